The Kier molecular flexibility index (Phi) is 3.17. The first-order chi connectivity index (χ1) is 10.1. The lowest BCUT2D eigenvalue weighted by molar-refractivity contribution is 0.100. The average Bonchev–Trinajstić information content (AvgIpc) is 2.47. The highest BCUT2D eigenvalue weighted by molar-refractivity contribution is 6.06. The molecule has 0 radical (unpaired) electrons. The molecule has 3 aromatic rings. The number of rotatable bonds is 3. The molecular formula is C15H13N3O3. The normalized spacial score (nSPS) is 11.1. The molecule has 3 rings (SSSR count). The number of hydrogen-bond donors (Lipinski definition) is 3. The van der Waals surface area contributed by atoms with Crippen molar-refractivity contribution < 1.29 is 14.0 Å². The monoisotopic (exact) mass is 283 g/mol. The largest absolute Gasteiger partial charge is 0.456 e. The van der Waals surface area contributed by atoms with Crippen LogP contribution in [-0.2, 0) is 11.4 Å². The summed E-state index contributed by atoms with van der Waals surface area (Å²) < 4.78 is 5.75. The molecule has 106 valence electrons. The molecule has 0 fully saturated rings. The first kappa shape index (κ1) is 13.3. The van der Waals surface area contributed by atoms with Gasteiger partial charge in [-0.3, -0.25) is 15.0 Å². The highest BCUT2D eigenvalue weighted by Gasteiger charge is 2.12. The van der Waals surface area contributed by atoms with Gasteiger partial charge in [-0.1, -0.05) is 12.1 Å². The van der Waals surface area contributed by atoms with E-state index in [0.29, 0.717) is 21.9 Å². The van der Waals surface area contributed by atoms with Crippen molar-refractivity contribution in [3.05, 3.63) is 52.9 Å². The molecule has 0 aliphatic carbocycles. The molecule has 0 saturated carbocycles. The molecule has 6 nitrogen and oxygen atoms in total. The number of hydrogen-bond acceptors (Lipinski definition) is 5. The third-order valence-corrected chi connectivity index (χ3v) is 3.32. The van der Waals surface area contributed by atoms with E-state index in [-0.39, 0.29) is 17.5 Å². The minimum absolute atomic E-state index is 0.194. The Morgan fingerprint density at radius 3 is 2.76 bits per heavy atom. The van der Waals surface area contributed by atoms with Crippen molar-refractivity contribution >= 4 is 27.8 Å². The summed E-state index contributed by atoms with van der Waals surface area (Å²) in [6.45, 7) is 0.227. The minimum Gasteiger partial charge on any atom is -0.456 e. The SMILES string of the molecule is N=c1c2cc(CON)ccc2oc2cccc(C(N)=O)c12. The van der Waals surface area contributed by atoms with Crippen LogP contribution < -0.4 is 17.0 Å². The van der Waals surface area contributed by atoms with Crippen LogP contribution in [0.15, 0.2) is 40.8 Å². The molecule has 0 saturated heterocycles. The topological polar surface area (TPSA) is 115 Å². The zero-order valence-electron chi connectivity index (χ0n) is 11.1. The number of benzene rings is 2. The lowest BCUT2D eigenvalue weighted by Gasteiger charge is -2.07. The van der Waals surface area contributed by atoms with Gasteiger partial charge in [-0.2, -0.15) is 0 Å². The van der Waals surface area contributed by atoms with E-state index in [9.17, 15) is 4.79 Å². The summed E-state index contributed by atoms with van der Waals surface area (Å²) >= 11 is 0. The van der Waals surface area contributed by atoms with Crippen LogP contribution in [0.2, 0.25) is 0 Å². The van der Waals surface area contributed by atoms with Gasteiger partial charge in [-0.25, -0.2) is 5.90 Å². The summed E-state index contributed by atoms with van der Waals surface area (Å²) in [7, 11) is 0. The molecule has 1 heterocycles. The van der Waals surface area contributed by atoms with Gasteiger partial charge in [0.1, 0.15) is 11.2 Å². The smallest absolute Gasteiger partial charge is 0.249 e. The maximum absolute atomic E-state index is 11.5. The van der Waals surface area contributed by atoms with Crippen LogP contribution in [-0.4, -0.2) is 5.91 Å². The van der Waals surface area contributed by atoms with E-state index in [1.807, 2.05) is 6.07 Å². The van der Waals surface area contributed by atoms with Gasteiger partial charge in [-0.05, 0) is 29.8 Å². The Hall–Kier alpha value is -2.70. The summed E-state index contributed by atoms with van der Waals surface area (Å²) in [6, 6.07) is 10.3. The molecule has 6 heteroatoms. The molecule has 0 unspecified atom stereocenters. The molecule has 1 amide bonds. The van der Waals surface area contributed by atoms with Gasteiger partial charge in [0, 0.05) is 5.39 Å². The molecule has 0 aliphatic rings. The summed E-state index contributed by atoms with van der Waals surface area (Å²) in [6.07, 6.45) is 0. The van der Waals surface area contributed by atoms with Crippen molar-refractivity contribution in [3.63, 3.8) is 0 Å². The summed E-state index contributed by atoms with van der Waals surface area (Å²) in [5.41, 5.74) is 7.45. The summed E-state index contributed by atoms with van der Waals surface area (Å²) in [5.74, 6) is 4.47. The van der Waals surface area contributed by atoms with E-state index in [4.69, 9.17) is 21.5 Å². The number of fused-ring (bicyclic) bond motifs is 2. The van der Waals surface area contributed by atoms with Crippen molar-refractivity contribution in [2.75, 3.05) is 0 Å². The first-order valence-electron chi connectivity index (χ1n) is 6.26. The Balaban J connectivity index is 2.43. The van der Waals surface area contributed by atoms with Gasteiger partial charge < -0.3 is 10.2 Å². The lowest BCUT2D eigenvalue weighted by Crippen LogP contribution is -2.15. The Bertz CT molecular complexity index is 915. The Labute approximate surface area is 119 Å². The van der Waals surface area contributed by atoms with E-state index in [2.05, 4.69) is 4.84 Å². The molecule has 0 aliphatic heterocycles. The average molecular weight is 283 g/mol. The minimum atomic E-state index is -0.593. The maximum atomic E-state index is 11.5. The van der Waals surface area contributed by atoms with Gasteiger partial charge >= 0.3 is 0 Å². The highest BCUT2D eigenvalue weighted by atomic mass is 16.6. The maximum Gasteiger partial charge on any atom is 0.249 e. The summed E-state index contributed by atoms with van der Waals surface area (Å²) in [4.78, 5) is 16.1. The number of carbonyl (C=O) groups excluding carboxylic acids is 1. The van der Waals surface area contributed by atoms with Crippen LogP contribution in [0.1, 0.15) is 15.9 Å². The molecule has 1 aromatic heterocycles. The molecular weight excluding hydrogens is 270 g/mol. The second kappa shape index (κ2) is 5.01. The molecule has 0 atom stereocenters. The number of nitrogens with two attached hydrogens (primary N) is 2. The molecule has 5 N–H and O–H groups in total. The number of nitrogens with one attached hydrogen (secondary N) is 1. The van der Waals surface area contributed by atoms with E-state index in [0.717, 1.165) is 5.56 Å². The van der Waals surface area contributed by atoms with Gasteiger partial charge in [0.05, 0.1) is 22.9 Å². The number of primary amides is 1. The fourth-order valence-electron chi connectivity index (χ4n) is 2.38. The van der Waals surface area contributed by atoms with Crippen LogP contribution in [0.3, 0.4) is 0 Å². The van der Waals surface area contributed by atoms with Gasteiger partial charge in [0.15, 0.2) is 0 Å². The fourth-order valence-corrected chi connectivity index (χ4v) is 2.38. The lowest BCUT2D eigenvalue weighted by atomic mass is 10.0. The predicted octanol–water partition coefficient (Wildman–Crippen LogP) is 1.55. The second-order valence-electron chi connectivity index (χ2n) is 4.66. The van der Waals surface area contributed by atoms with Crippen LogP contribution in [0.5, 0.6) is 0 Å². The van der Waals surface area contributed by atoms with Crippen molar-refractivity contribution in [2.45, 2.75) is 6.61 Å². The predicted molar refractivity (Wildman–Crippen MR) is 77.1 cm³/mol. The third kappa shape index (κ3) is 2.16. The molecule has 2 aromatic carbocycles. The van der Waals surface area contributed by atoms with Crippen molar-refractivity contribution in [3.8, 4) is 0 Å². The fraction of sp³-hybridized carbons (Fsp3) is 0.0667. The highest BCUT2D eigenvalue weighted by Crippen LogP contribution is 2.22. The first-order valence-corrected chi connectivity index (χ1v) is 6.26. The molecule has 0 bridgehead atoms. The summed E-state index contributed by atoms with van der Waals surface area (Å²) in [5, 5.41) is 9.53. The van der Waals surface area contributed by atoms with E-state index in [1.54, 1.807) is 30.3 Å². The Morgan fingerprint density at radius 1 is 1.24 bits per heavy atom. The van der Waals surface area contributed by atoms with Crippen LogP contribution in [0, 0.1) is 5.41 Å². The van der Waals surface area contributed by atoms with Gasteiger partial charge in [0.2, 0.25) is 5.91 Å². The van der Waals surface area contributed by atoms with Crippen LogP contribution >= 0.6 is 0 Å². The standard InChI is InChI=1S/C15H13N3O3/c16-14-10-6-8(7-20-18)4-5-11(10)21-12-3-1-2-9(13(12)14)15(17)19/h1-6,16H,7,18H2,(H2,17,19). The zero-order valence-corrected chi connectivity index (χ0v) is 11.1. The number of carbonyl (C=O) groups is 1. The van der Waals surface area contributed by atoms with E-state index >= 15 is 0 Å². The van der Waals surface area contributed by atoms with Crippen molar-refractivity contribution in [1.82, 2.24) is 0 Å². The quantitative estimate of drug-likeness (QED) is 0.499. The van der Waals surface area contributed by atoms with Crippen LogP contribution in [0.4, 0.5) is 0 Å². The van der Waals surface area contributed by atoms with Crippen LogP contribution in [0.25, 0.3) is 21.9 Å². The van der Waals surface area contributed by atoms with Gasteiger partial charge in [0.25, 0.3) is 0 Å². The zero-order chi connectivity index (χ0) is 15.0. The van der Waals surface area contributed by atoms with E-state index in [1.165, 1.54) is 0 Å². The molecule has 21 heavy (non-hydrogen) atoms. The number of amides is 1. The molecule has 0 spiro atoms. The van der Waals surface area contributed by atoms with Crippen molar-refractivity contribution in [1.29, 1.82) is 5.41 Å². The third-order valence-electron chi connectivity index (χ3n) is 3.32. The second-order valence-corrected chi connectivity index (χ2v) is 4.66. The van der Waals surface area contributed by atoms with Gasteiger partial charge in [-0.15, -0.1) is 0 Å². The van der Waals surface area contributed by atoms with Crippen molar-refractivity contribution in [2.24, 2.45) is 11.6 Å². The Morgan fingerprint density at radius 2 is 2.05 bits per heavy atom. The van der Waals surface area contributed by atoms with E-state index < -0.39 is 5.91 Å².